The largest absolute Gasteiger partial charge is 0.507 e. The molecule has 0 spiro atoms. The molecule has 1 heterocycles. The number of imidazole rings is 1. The number of fused-ring (bicyclic) bond motifs is 1. The molecule has 0 bridgehead atoms. The number of aromatic hydroxyl groups is 1. The van der Waals surface area contributed by atoms with Gasteiger partial charge in [-0.25, -0.2) is 9.66 Å². The second kappa shape index (κ2) is 5.33. The maximum Gasteiger partial charge on any atom is 0.124 e. The van der Waals surface area contributed by atoms with Crippen LogP contribution in [0.25, 0.3) is 11.0 Å². The normalized spacial score (nSPS) is 11.6. The van der Waals surface area contributed by atoms with Crippen molar-refractivity contribution in [3.63, 3.8) is 0 Å². The molecule has 0 radical (unpaired) electrons. The van der Waals surface area contributed by atoms with Gasteiger partial charge < -0.3 is 5.11 Å². The number of aryl methyl sites for hydroxylation is 2. The first-order valence-electron chi connectivity index (χ1n) is 6.52. The lowest BCUT2D eigenvalue weighted by Crippen LogP contribution is -1.91. The Morgan fingerprint density at radius 3 is 2.76 bits per heavy atom. The molecule has 106 valence electrons. The van der Waals surface area contributed by atoms with E-state index >= 15 is 0 Å². The molecule has 0 atom stereocenters. The van der Waals surface area contributed by atoms with Gasteiger partial charge in [0, 0.05) is 10.0 Å². The van der Waals surface area contributed by atoms with E-state index in [1.54, 1.807) is 29.4 Å². The van der Waals surface area contributed by atoms with E-state index in [4.69, 9.17) is 0 Å². The average Bonchev–Trinajstić information content (AvgIpc) is 2.83. The Labute approximate surface area is 130 Å². The number of hydrogen-bond donors (Lipinski definition) is 1. The fourth-order valence-corrected chi connectivity index (χ4v) is 2.48. The Kier molecular flexibility index (Phi) is 3.51. The highest BCUT2D eigenvalue weighted by atomic mass is 79.9. The van der Waals surface area contributed by atoms with Gasteiger partial charge in [0.2, 0.25) is 0 Å². The summed E-state index contributed by atoms with van der Waals surface area (Å²) in [5.41, 5.74) is 4.92. The van der Waals surface area contributed by atoms with Crippen molar-refractivity contribution in [1.82, 2.24) is 9.66 Å². The van der Waals surface area contributed by atoms with Crippen LogP contribution < -0.4 is 0 Å². The minimum absolute atomic E-state index is 0.193. The quantitative estimate of drug-likeness (QED) is 0.715. The summed E-state index contributed by atoms with van der Waals surface area (Å²) < 4.78 is 2.60. The molecule has 0 aliphatic rings. The van der Waals surface area contributed by atoms with Gasteiger partial charge in [-0.15, -0.1) is 0 Å². The van der Waals surface area contributed by atoms with Gasteiger partial charge >= 0.3 is 0 Å². The molecule has 0 saturated carbocycles. The monoisotopic (exact) mass is 343 g/mol. The molecule has 1 aromatic heterocycles. The lowest BCUT2D eigenvalue weighted by molar-refractivity contribution is 0.474. The average molecular weight is 344 g/mol. The zero-order chi connectivity index (χ0) is 15.0. The number of phenolic OH excluding ortho intramolecular Hbond substituents is 1. The highest BCUT2D eigenvalue weighted by Gasteiger charge is 2.04. The molecule has 0 fully saturated rings. The number of rotatable bonds is 2. The van der Waals surface area contributed by atoms with Crippen LogP contribution in [0.5, 0.6) is 5.75 Å². The van der Waals surface area contributed by atoms with Gasteiger partial charge in [-0.1, -0.05) is 15.9 Å². The number of halogens is 1. The summed E-state index contributed by atoms with van der Waals surface area (Å²) in [4.78, 5) is 4.35. The van der Waals surface area contributed by atoms with E-state index < -0.39 is 0 Å². The first kappa shape index (κ1) is 13.8. The Hall–Kier alpha value is -2.14. The predicted octanol–water partition coefficient (Wildman–Crippen LogP) is 4.00. The van der Waals surface area contributed by atoms with E-state index in [0.29, 0.717) is 5.56 Å². The van der Waals surface area contributed by atoms with Crippen LogP contribution in [0.1, 0.15) is 16.7 Å². The van der Waals surface area contributed by atoms with Gasteiger partial charge in [0.05, 0.1) is 17.2 Å². The first-order valence-corrected chi connectivity index (χ1v) is 7.31. The summed E-state index contributed by atoms with van der Waals surface area (Å²) in [5.74, 6) is 0.193. The molecule has 0 unspecified atom stereocenters. The minimum Gasteiger partial charge on any atom is -0.507 e. The number of hydrogen-bond acceptors (Lipinski definition) is 3. The van der Waals surface area contributed by atoms with Gasteiger partial charge in [-0.05, 0) is 55.3 Å². The molecule has 0 aliphatic heterocycles. The summed E-state index contributed by atoms with van der Waals surface area (Å²) in [5, 5.41) is 14.2. The molecule has 3 aromatic rings. The van der Waals surface area contributed by atoms with Crippen LogP contribution in [-0.4, -0.2) is 21.0 Å². The second-order valence-electron chi connectivity index (χ2n) is 4.96. The lowest BCUT2D eigenvalue weighted by atomic mass is 10.1. The van der Waals surface area contributed by atoms with Gasteiger partial charge in [0.15, 0.2) is 0 Å². The van der Waals surface area contributed by atoms with Crippen LogP contribution in [0.4, 0.5) is 0 Å². The van der Waals surface area contributed by atoms with Crippen LogP contribution in [0.2, 0.25) is 0 Å². The number of aromatic nitrogens is 2. The summed E-state index contributed by atoms with van der Waals surface area (Å²) in [6, 6.07) is 9.34. The molecular formula is C16H14BrN3O. The van der Waals surface area contributed by atoms with E-state index in [2.05, 4.69) is 45.9 Å². The second-order valence-corrected chi connectivity index (χ2v) is 5.88. The Bertz CT molecular complexity index is 852. The van der Waals surface area contributed by atoms with Gasteiger partial charge in [-0.2, -0.15) is 5.10 Å². The highest BCUT2D eigenvalue weighted by Crippen LogP contribution is 2.21. The number of benzene rings is 2. The SMILES string of the molecule is Cc1cc2ncn(/N=C\c3cc(Br)ccc3O)c2cc1C. The molecule has 4 nitrogen and oxygen atoms in total. The van der Waals surface area contributed by atoms with Crippen molar-refractivity contribution in [2.24, 2.45) is 5.10 Å². The third-order valence-corrected chi connectivity index (χ3v) is 3.95. The highest BCUT2D eigenvalue weighted by molar-refractivity contribution is 9.10. The van der Waals surface area contributed by atoms with Crippen LogP contribution in [-0.2, 0) is 0 Å². The van der Waals surface area contributed by atoms with E-state index in [1.165, 1.54) is 11.1 Å². The van der Waals surface area contributed by atoms with E-state index in [-0.39, 0.29) is 5.75 Å². The zero-order valence-electron chi connectivity index (χ0n) is 11.7. The van der Waals surface area contributed by atoms with E-state index in [1.807, 2.05) is 12.1 Å². The predicted molar refractivity (Wildman–Crippen MR) is 88.0 cm³/mol. The Morgan fingerprint density at radius 2 is 1.95 bits per heavy atom. The molecule has 2 aromatic carbocycles. The van der Waals surface area contributed by atoms with Crippen LogP contribution in [0.15, 0.2) is 46.2 Å². The topological polar surface area (TPSA) is 50.4 Å². The lowest BCUT2D eigenvalue weighted by Gasteiger charge is -2.02. The van der Waals surface area contributed by atoms with Crippen molar-refractivity contribution in [1.29, 1.82) is 0 Å². The Morgan fingerprint density at radius 1 is 1.19 bits per heavy atom. The van der Waals surface area contributed by atoms with Crippen LogP contribution in [0.3, 0.4) is 0 Å². The maximum atomic E-state index is 9.82. The van der Waals surface area contributed by atoms with Crippen molar-refractivity contribution < 1.29 is 5.11 Å². The Balaban J connectivity index is 2.03. The maximum absolute atomic E-state index is 9.82. The third-order valence-electron chi connectivity index (χ3n) is 3.45. The number of phenols is 1. The van der Waals surface area contributed by atoms with Gasteiger partial charge in [0.25, 0.3) is 0 Å². The molecule has 0 aliphatic carbocycles. The van der Waals surface area contributed by atoms with Gasteiger partial charge in [0.1, 0.15) is 12.1 Å². The van der Waals surface area contributed by atoms with Crippen molar-refractivity contribution >= 4 is 33.2 Å². The van der Waals surface area contributed by atoms with Crippen molar-refractivity contribution in [3.05, 3.63) is 57.8 Å². The van der Waals surface area contributed by atoms with Crippen LogP contribution >= 0.6 is 15.9 Å². The fraction of sp³-hybridized carbons (Fsp3) is 0.125. The van der Waals surface area contributed by atoms with Gasteiger partial charge in [-0.3, -0.25) is 0 Å². The summed E-state index contributed by atoms with van der Waals surface area (Å²) >= 11 is 3.38. The summed E-state index contributed by atoms with van der Waals surface area (Å²) in [6.45, 7) is 4.13. The molecule has 21 heavy (non-hydrogen) atoms. The number of nitrogens with zero attached hydrogens (tertiary/aromatic N) is 3. The van der Waals surface area contributed by atoms with E-state index in [9.17, 15) is 5.11 Å². The summed E-state index contributed by atoms with van der Waals surface area (Å²) in [6.07, 6.45) is 3.30. The van der Waals surface area contributed by atoms with Crippen molar-refractivity contribution in [2.45, 2.75) is 13.8 Å². The molecule has 3 rings (SSSR count). The standard InChI is InChI=1S/C16H14BrN3O/c1-10-5-14-15(6-11(10)2)20(9-18-14)19-8-12-7-13(17)3-4-16(12)21/h3-9,21H,1-2H3/b19-8-. The zero-order valence-corrected chi connectivity index (χ0v) is 13.3. The van der Waals surface area contributed by atoms with E-state index in [0.717, 1.165) is 15.5 Å². The molecule has 5 heteroatoms. The molecular weight excluding hydrogens is 330 g/mol. The molecule has 0 saturated heterocycles. The van der Waals surface area contributed by atoms with Crippen molar-refractivity contribution in [3.8, 4) is 5.75 Å². The third kappa shape index (κ3) is 2.69. The molecule has 0 amide bonds. The molecule has 1 N–H and O–H groups in total. The first-order chi connectivity index (χ1) is 10.0. The van der Waals surface area contributed by atoms with Crippen molar-refractivity contribution in [2.75, 3.05) is 0 Å². The minimum atomic E-state index is 0.193. The fourth-order valence-electron chi connectivity index (χ4n) is 2.10. The van der Waals surface area contributed by atoms with Crippen LogP contribution in [0, 0.1) is 13.8 Å². The smallest absolute Gasteiger partial charge is 0.124 e. The summed E-state index contributed by atoms with van der Waals surface area (Å²) in [7, 11) is 0.